The second-order valence-electron chi connectivity index (χ2n) is 6.46. The average Bonchev–Trinajstić information content (AvgIpc) is 2.70. The number of methoxy groups -OCH3 is 1. The van der Waals surface area contributed by atoms with Gasteiger partial charge in [0.1, 0.15) is 12.3 Å². The molecule has 1 aliphatic heterocycles. The van der Waals surface area contributed by atoms with Crippen molar-refractivity contribution in [2.24, 2.45) is 5.10 Å². The number of rotatable bonds is 6. The lowest BCUT2D eigenvalue weighted by Crippen LogP contribution is -2.41. The Kier molecular flexibility index (Phi) is 5.86. The van der Waals surface area contributed by atoms with Gasteiger partial charge in [0.2, 0.25) is 11.8 Å². The number of carbonyl (C=O) groups is 2. The molecule has 2 aromatic carbocycles. The van der Waals surface area contributed by atoms with Crippen LogP contribution in [0.25, 0.3) is 0 Å². The standard InChI is InChI=1S/C21H23N3O3/c1-23(14-16-6-4-3-5-7-16)21(26)15-24-20(25)13-12-19(22-24)17-8-10-18(27-2)11-9-17/h3-11H,12-15H2,1-2H3. The highest BCUT2D eigenvalue weighted by molar-refractivity contribution is 6.04. The van der Waals surface area contributed by atoms with Crippen molar-refractivity contribution < 1.29 is 14.3 Å². The van der Waals surface area contributed by atoms with Crippen LogP contribution in [0, 0.1) is 0 Å². The lowest BCUT2D eigenvalue weighted by molar-refractivity contribution is -0.140. The summed E-state index contributed by atoms with van der Waals surface area (Å²) in [5, 5.41) is 5.71. The normalized spacial score (nSPS) is 13.9. The third-order valence-corrected chi connectivity index (χ3v) is 4.50. The molecule has 140 valence electrons. The monoisotopic (exact) mass is 365 g/mol. The number of hydrogen-bond donors (Lipinski definition) is 0. The van der Waals surface area contributed by atoms with Gasteiger partial charge in [-0.3, -0.25) is 9.59 Å². The second kappa shape index (κ2) is 8.49. The molecule has 0 saturated carbocycles. The Bertz CT molecular complexity index is 832. The molecule has 6 nitrogen and oxygen atoms in total. The molecule has 0 radical (unpaired) electrons. The summed E-state index contributed by atoms with van der Waals surface area (Å²) >= 11 is 0. The van der Waals surface area contributed by atoms with Gasteiger partial charge in [-0.15, -0.1) is 0 Å². The lowest BCUT2D eigenvalue weighted by Gasteiger charge is -2.25. The van der Waals surface area contributed by atoms with Gasteiger partial charge in [0, 0.05) is 26.4 Å². The van der Waals surface area contributed by atoms with Gasteiger partial charge < -0.3 is 9.64 Å². The maximum absolute atomic E-state index is 12.5. The van der Waals surface area contributed by atoms with E-state index < -0.39 is 0 Å². The van der Waals surface area contributed by atoms with Crippen LogP contribution < -0.4 is 4.74 Å². The Morgan fingerprint density at radius 1 is 1.11 bits per heavy atom. The van der Waals surface area contributed by atoms with Crippen molar-refractivity contribution in [3.05, 3.63) is 65.7 Å². The Hall–Kier alpha value is -3.15. The zero-order chi connectivity index (χ0) is 19.2. The van der Waals surface area contributed by atoms with Crippen molar-refractivity contribution in [3.63, 3.8) is 0 Å². The molecule has 0 aliphatic carbocycles. The van der Waals surface area contributed by atoms with E-state index >= 15 is 0 Å². The highest BCUT2D eigenvalue weighted by Crippen LogP contribution is 2.18. The molecular weight excluding hydrogens is 342 g/mol. The summed E-state index contributed by atoms with van der Waals surface area (Å²) in [7, 11) is 3.35. The van der Waals surface area contributed by atoms with Crippen LogP contribution in [0.3, 0.4) is 0 Å². The Balaban J connectivity index is 1.68. The molecule has 0 unspecified atom stereocenters. The Morgan fingerprint density at radius 2 is 1.81 bits per heavy atom. The summed E-state index contributed by atoms with van der Waals surface area (Å²) < 4.78 is 5.17. The molecule has 1 heterocycles. The van der Waals surface area contributed by atoms with E-state index in [1.165, 1.54) is 5.01 Å². The van der Waals surface area contributed by atoms with Gasteiger partial charge in [0.15, 0.2) is 0 Å². The van der Waals surface area contributed by atoms with Crippen molar-refractivity contribution in [1.29, 1.82) is 0 Å². The molecule has 0 N–H and O–H groups in total. The van der Waals surface area contributed by atoms with Crippen molar-refractivity contribution >= 4 is 17.5 Å². The van der Waals surface area contributed by atoms with Crippen LogP contribution in [0.2, 0.25) is 0 Å². The first-order valence-corrected chi connectivity index (χ1v) is 8.87. The molecule has 2 aromatic rings. The van der Waals surface area contributed by atoms with Gasteiger partial charge in [-0.2, -0.15) is 5.10 Å². The van der Waals surface area contributed by atoms with E-state index in [9.17, 15) is 9.59 Å². The number of amides is 2. The summed E-state index contributed by atoms with van der Waals surface area (Å²) in [5.41, 5.74) is 2.77. The molecule has 6 heteroatoms. The first-order valence-electron chi connectivity index (χ1n) is 8.87. The van der Waals surface area contributed by atoms with E-state index in [0.29, 0.717) is 19.4 Å². The number of ether oxygens (including phenoxy) is 1. The average molecular weight is 365 g/mol. The largest absolute Gasteiger partial charge is 0.497 e. The van der Waals surface area contributed by atoms with Gasteiger partial charge >= 0.3 is 0 Å². The predicted octanol–water partition coefficient (Wildman–Crippen LogP) is 2.68. The van der Waals surface area contributed by atoms with Crippen LogP contribution >= 0.6 is 0 Å². The third-order valence-electron chi connectivity index (χ3n) is 4.50. The van der Waals surface area contributed by atoms with Crippen LogP contribution in [-0.4, -0.2) is 48.1 Å². The first-order chi connectivity index (χ1) is 13.1. The van der Waals surface area contributed by atoms with E-state index in [1.54, 1.807) is 19.1 Å². The topological polar surface area (TPSA) is 62.2 Å². The minimum atomic E-state index is -0.146. The summed E-state index contributed by atoms with van der Waals surface area (Å²) in [6, 6.07) is 17.3. The van der Waals surface area contributed by atoms with E-state index in [-0.39, 0.29) is 18.4 Å². The highest BCUT2D eigenvalue weighted by Gasteiger charge is 2.24. The van der Waals surface area contributed by atoms with E-state index in [4.69, 9.17) is 4.74 Å². The minimum absolute atomic E-state index is 0.0537. The van der Waals surface area contributed by atoms with Crippen molar-refractivity contribution in [2.45, 2.75) is 19.4 Å². The molecule has 1 aliphatic rings. The second-order valence-corrected chi connectivity index (χ2v) is 6.46. The number of benzene rings is 2. The molecule has 0 fully saturated rings. The number of hydrogen-bond acceptors (Lipinski definition) is 4. The number of likely N-dealkylation sites (N-methyl/N-ethyl adjacent to an activating group) is 1. The van der Waals surface area contributed by atoms with Gasteiger partial charge in [0.05, 0.1) is 12.8 Å². The summed E-state index contributed by atoms with van der Waals surface area (Å²) in [5.74, 6) is 0.487. The third kappa shape index (κ3) is 4.73. The molecule has 0 bridgehead atoms. The van der Waals surface area contributed by atoms with Gasteiger partial charge in [-0.05, 0) is 35.4 Å². The zero-order valence-electron chi connectivity index (χ0n) is 15.6. The Labute approximate surface area is 159 Å². The number of carbonyl (C=O) groups excluding carboxylic acids is 2. The first kappa shape index (κ1) is 18.6. The van der Waals surface area contributed by atoms with E-state index in [1.807, 2.05) is 54.6 Å². The molecule has 27 heavy (non-hydrogen) atoms. The maximum atomic E-state index is 12.5. The minimum Gasteiger partial charge on any atom is -0.497 e. The van der Waals surface area contributed by atoms with Gasteiger partial charge in [0.25, 0.3) is 0 Å². The fourth-order valence-electron chi connectivity index (χ4n) is 2.91. The predicted molar refractivity (Wildman–Crippen MR) is 103 cm³/mol. The van der Waals surface area contributed by atoms with Crippen molar-refractivity contribution in [3.8, 4) is 5.75 Å². The van der Waals surface area contributed by atoms with E-state index in [2.05, 4.69) is 5.10 Å². The molecule has 0 saturated heterocycles. The van der Waals surface area contributed by atoms with E-state index in [0.717, 1.165) is 22.6 Å². The van der Waals surface area contributed by atoms with Crippen molar-refractivity contribution in [1.82, 2.24) is 9.91 Å². The molecule has 3 rings (SSSR count). The number of nitrogens with zero attached hydrogens (tertiary/aromatic N) is 3. The fraction of sp³-hybridized carbons (Fsp3) is 0.286. The highest BCUT2D eigenvalue weighted by atomic mass is 16.5. The summed E-state index contributed by atoms with van der Waals surface area (Å²) in [6.07, 6.45) is 0.913. The van der Waals surface area contributed by atoms with Gasteiger partial charge in [-0.25, -0.2) is 5.01 Å². The molecule has 0 aromatic heterocycles. The van der Waals surface area contributed by atoms with Crippen LogP contribution in [0.5, 0.6) is 5.75 Å². The zero-order valence-corrected chi connectivity index (χ0v) is 15.6. The van der Waals surface area contributed by atoms with Crippen molar-refractivity contribution in [2.75, 3.05) is 20.7 Å². The van der Waals surface area contributed by atoms with Gasteiger partial charge in [-0.1, -0.05) is 30.3 Å². The van der Waals surface area contributed by atoms with Crippen LogP contribution in [0.1, 0.15) is 24.0 Å². The maximum Gasteiger partial charge on any atom is 0.244 e. The molecule has 2 amide bonds. The van der Waals surface area contributed by atoms with Crippen LogP contribution in [-0.2, 0) is 16.1 Å². The molecule has 0 atom stereocenters. The fourth-order valence-corrected chi connectivity index (χ4v) is 2.91. The molecular formula is C21H23N3O3. The van der Waals surface area contributed by atoms with Crippen LogP contribution in [0.4, 0.5) is 0 Å². The van der Waals surface area contributed by atoms with Crippen LogP contribution in [0.15, 0.2) is 59.7 Å². The summed E-state index contributed by atoms with van der Waals surface area (Å²) in [6.45, 7) is 0.443. The number of hydrazone groups is 1. The Morgan fingerprint density at radius 3 is 2.48 bits per heavy atom. The lowest BCUT2D eigenvalue weighted by atomic mass is 10.0. The smallest absolute Gasteiger partial charge is 0.244 e. The summed E-state index contributed by atoms with van der Waals surface area (Å²) in [4.78, 5) is 26.4. The molecule has 0 spiro atoms. The SMILES string of the molecule is COc1ccc(C2=NN(CC(=O)N(C)Cc3ccccc3)C(=O)CC2)cc1. The quantitative estimate of drug-likeness (QED) is 0.791.